The van der Waals surface area contributed by atoms with Crippen LogP contribution in [0.15, 0.2) is 22.5 Å². The summed E-state index contributed by atoms with van der Waals surface area (Å²) in [6.45, 7) is 0. The lowest BCUT2D eigenvalue weighted by molar-refractivity contribution is 0.0471. The molecule has 0 aromatic carbocycles. The predicted molar refractivity (Wildman–Crippen MR) is 26.0 cm³/mol. The summed E-state index contributed by atoms with van der Waals surface area (Å²) < 4.78 is 0. The van der Waals surface area contributed by atoms with E-state index in [0.717, 1.165) is 0 Å². The molecule has 0 radical (unpaired) electrons. The number of aliphatic hydroxyl groups is 2. The van der Waals surface area contributed by atoms with E-state index in [0.29, 0.717) is 0 Å². The summed E-state index contributed by atoms with van der Waals surface area (Å²) in [6.07, 6.45) is 0.766. The molecule has 44 valence electrons. The zero-order valence-corrected chi connectivity index (χ0v) is 4.10. The molecule has 0 saturated carbocycles. The molecule has 0 aliphatic carbocycles. The molecule has 2 unspecified atom stereocenters. The Morgan fingerprint density at radius 2 is 2.12 bits per heavy atom. The van der Waals surface area contributed by atoms with Crippen LogP contribution in [0.4, 0.5) is 0 Å². The van der Waals surface area contributed by atoms with E-state index in [1.807, 2.05) is 0 Å². The van der Waals surface area contributed by atoms with Gasteiger partial charge in [-0.25, -0.2) is 0 Å². The molecule has 0 fully saturated rings. The van der Waals surface area contributed by atoms with Crippen molar-refractivity contribution in [1.29, 1.82) is 0 Å². The molecule has 0 aromatic rings. The quantitative estimate of drug-likeness (QED) is 0.452. The number of rotatable bonds is 0. The van der Waals surface area contributed by atoms with Gasteiger partial charge in [0.2, 0.25) is 0 Å². The summed E-state index contributed by atoms with van der Waals surface area (Å²) in [6, 6.07) is 0. The van der Waals surface area contributed by atoms with Gasteiger partial charge in [-0.05, 0) is 6.08 Å². The minimum Gasteiger partial charge on any atom is -0.384 e. The third kappa shape index (κ3) is 0.907. The number of hydrogen-bond acceptors (Lipinski definition) is 4. The van der Waals surface area contributed by atoms with Crippen LogP contribution in [-0.2, 0) is 0 Å². The van der Waals surface area contributed by atoms with Gasteiger partial charge in [0, 0.05) is 6.20 Å². The largest absolute Gasteiger partial charge is 0.384 e. The molecule has 0 aromatic heterocycles. The Hall–Kier alpha value is -0.740. The van der Waals surface area contributed by atoms with Crippen LogP contribution in [0.1, 0.15) is 0 Å². The maximum Gasteiger partial charge on any atom is 0.195 e. The van der Waals surface area contributed by atoms with E-state index >= 15 is 0 Å². The predicted octanol–water partition coefficient (Wildman–Crippen LogP) is -0.355. The average Bonchev–Trinajstić information content (AvgIpc) is 1.77. The molecule has 2 atom stereocenters. The van der Waals surface area contributed by atoms with Gasteiger partial charge >= 0.3 is 0 Å². The molecule has 1 aliphatic heterocycles. The molecule has 1 rings (SSSR count). The lowest BCUT2D eigenvalue weighted by Gasteiger charge is -2.09. The van der Waals surface area contributed by atoms with Gasteiger partial charge in [0.15, 0.2) is 6.23 Å². The van der Waals surface area contributed by atoms with E-state index in [-0.39, 0.29) is 0 Å². The molecule has 0 saturated heterocycles. The van der Waals surface area contributed by atoms with Crippen LogP contribution in [0, 0.1) is 0 Å². The van der Waals surface area contributed by atoms with Gasteiger partial charge in [0.25, 0.3) is 0 Å². The van der Waals surface area contributed by atoms with Gasteiger partial charge in [-0.15, -0.1) is 0 Å². The Labute approximate surface area is 46.2 Å². The van der Waals surface area contributed by atoms with Crippen molar-refractivity contribution in [1.82, 2.24) is 0 Å². The first-order valence-electron chi connectivity index (χ1n) is 2.23. The van der Waals surface area contributed by atoms with Crippen molar-refractivity contribution in [3.05, 3.63) is 12.3 Å². The van der Waals surface area contributed by atoms with Crippen molar-refractivity contribution in [2.24, 2.45) is 10.2 Å². The summed E-state index contributed by atoms with van der Waals surface area (Å²) >= 11 is 0. The molecule has 4 heteroatoms. The number of azo groups is 1. The van der Waals surface area contributed by atoms with Crippen LogP contribution in [0.3, 0.4) is 0 Å². The molecular weight excluding hydrogens is 108 g/mol. The summed E-state index contributed by atoms with van der Waals surface area (Å²) in [7, 11) is 0. The number of nitrogens with zero attached hydrogens (tertiary/aromatic N) is 2. The Balaban J connectivity index is 2.59. The minimum absolute atomic E-state index is 0.882. The third-order valence-electron chi connectivity index (χ3n) is 0.840. The fraction of sp³-hybridized carbons (Fsp3) is 0.500. The first-order valence-corrected chi connectivity index (χ1v) is 2.23. The Morgan fingerprint density at radius 1 is 1.38 bits per heavy atom. The lowest BCUT2D eigenvalue weighted by Crippen LogP contribution is -2.22. The lowest BCUT2D eigenvalue weighted by atomic mass is 10.3. The van der Waals surface area contributed by atoms with Crippen molar-refractivity contribution in [2.45, 2.75) is 12.3 Å². The van der Waals surface area contributed by atoms with Crippen molar-refractivity contribution in [2.75, 3.05) is 0 Å². The average molecular weight is 114 g/mol. The molecule has 1 heterocycles. The van der Waals surface area contributed by atoms with Crippen molar-refractivity contribution in [3.63, 3.8) is 0 Å². The van der Waals surface area contributed by atoms with Crippen LogP contribution >= 0.6 is 0 Å². The highest BCUT2D eigenvalue weighted by atomic mass is 16.3. The van der Waals surface area contributed by atoms with E-state index in [1.54, 1.807) is 0 Å². The van der Waals surface area contributed by atoms with Crippen LogP contribution in [0.2, 0.25) is 0 Å². The fourth-order valence-corrected chi connectivity index (χ4v) is 0.401. The minimum atomic E-state index is -1.07. The van der Waals surface area contributed by atoms with Crippen molar-refractivity contribution in [3.8, 4) is 0 Å². The molecule has 0 spiro atoms. The van der Waals surface area contributed by atoms with Gasteiger partial charge in [0.05, 0.1) is 0 Å². The highest BCUT2D eigenvalue weighted by molar-refractivity contribution is 4.92. The van der Waals surface area contributed by atoms with Gasteiger partial charge in [-0.2, -0.15) is 10.2 Å². The molecule has 1 aliphatic rings. The Bertz CT molecular complexity index is 116. The third-order valence-corrected chi connectivity index (χ3v) is 0.840. The van der Waals surface area contributed by atoms with Gasteiger partial charge in [-0.1, -0.05) is 0 Å². The Kier molecular flexibility index (Phi) is 1.36. The van der Waals surface area contributed by atoms with Crippen molar-refractivity contribution < 1.29 is 10.2 Å². The SMILES string of the molecule is OC1C=CN=NC1O. The summed E-state index contributed by atoms with van der Waals surface area (Å²) in [4.78, 5) is 0. The van der Waals surface area contributed by atoms with Crippen molar-refractivity contribution >= 4 is 0 Å². The smallest absolute Gasteiger partial charge is 0.195 e. The topological polar surface area (TPSA) is 65.2 Å². The first kappa shape index (κ1) is 5.40. The van der Waals surface area contributed by atoms with E-state index in [9.17, 15) is 0 Å². The van der Waals surface area contributed by atoms with Gasteiger partial charge in [-0.3, -0.25) is 0 Å². The van der Waals surface area contributed by atoms with Crippen LogP contribution in [-0.4, -0.2) is 22.5 Å². The van der Waals surface area contributed by atoms with Crippen LogP contribution in [0.5, 0.6) is 0 Å². The zero-order valence-electron chi connectivity index (χ0n) is 4.10. The second kappa shape index (κ2) is 2.02. The fourth-order valence-electron chi connectivity index (χ4n) is 0.401. The summed E-state index contributed by atoms with van der Waals surface area (Å²) in [5.74, 6) is 0. The second-order valence-corrected chi connectivity index (χ2v) is 1.48. The monoisotopic (exact) mass is 114 g/mol. The molecule has 2 N–H and O–H groups in total. The van der Waals surface area contributed by atoms with Crippen LogP contribution < -0.4 is 0 Å². The van der Waals surface area contributed by atoms with E-state index < -0.39 is 12.3 Å². The summed E-state index contributed by atoms with van der Waals surface area (Å²) in [5, 5.41) is 23.9. The van der Waals surface area contributed by atoms with Gasteiger partial charge < -0.3 is 10.2 Å². The summed E-state index contributed by atoms with van der Waals surface area (Å²) in [5.41, 5.74) is 0. The highest BCUT2D eigenvalue weighted by Crippen LogP contribution is 2.02. The highest BCUT2D eigenvalue weighted by Gasteiger charge is 2.12. The first-order chi connectivity index (χ1) is 3.80. The number of aliphatic hydroxyl groups excluding tert-OH is 2. The zero-order chi connectivity index (χ0) is 5.98. The van der Waals surface area contributed by atoms with E-state index in [4.69, 9.17) is 10.2 Å². The van der Waals surface area contributed by atoms with E-state index in [1.165, 1.54) is 12.3 Å². The second-order valence-electron chi connectivity index (χ2n) is 1.48. The maximum atomic E-state index is 8.69. The molecular formula is C4H6N2O2. The maximum absolute atomic E-state index is 8.69. The molecule has 4 nitrogen and oxygen atoms in total. The van der Waals surface area contributed by atoms with Gasteiger partial charge in [0.1, 0.15) is 6.10 Å². The molecule has 0 amide bonds. The van der Waals surface area contributed by atoms with Crippen LogP contribution in [0.25, 0.3) is 0 Å². The Morgan fingerprint density at radius 3 is 2.50 bits per heavy atom. The molecule has 0 bridgehead atoms. The molecule has 8 heavy (non-hydrogen) atoms. The normalized spacial score (nSPS) is 35.8. The van der Waals surface area contributed by atoms with E-state index in [2.05, 4.69) is 10.2 Å². The number of hydrogen-bond donors (Lipinski definition) is 2. The standard InChI is InChI=1S/C4H6N2O2/c7-3-1-2-5-6-4(3)8/h1-4,7-8H.